The molecule has 0 aromatic carbocycles. The minimum absolute atomic E-state index is 0.114. The van der Waals surface area contributed by atoms with Crippen LogP contribution in [0.1, 0.15) is 32.4 Å². The van der Waals surface area contributed by atoms with E-state index in [1.807, 2.05) is 19.4 Å². The van der Waals surface area contributed by atoms with Gasteiger partial charge in [0.05, 0.1) is 12.0 Å². The van der Waals surface area contributed by atoms with Gasteiger partial charge in [-0.1, -0.05) is 6.92 Å². The number of rotatable bonds is 8. The highest BCUT2D eigenvalue weighted by molar-refractivity contribution is 5.75. The van der Waals surface area contributed by atoms with Gasteiger partial charge in [0.25, 0.3) is 0 Å². The van der Waals surface area contributed by atoms with E-state index in [2.05, 4.69) is 27.1 Å². The van der Waals surface area contributed by atoms with Crippen LogP contribution in [0.2, 0.25) is 0 Å². The lowest BCUT2D eigenvalue weighted by Crippen LogP contribution is -2.28. The third-order valence-electron chi connectivity index (χ3n) is 2.55. The van der Waals surface area contributed by atoms with Crippen molar-refractivity contribution in [3.05, 3.63) is 18.2 Å². The Balaban J connectivity index is 2.14. The number of carbonyl (C=O) groups excluding carboxylic acids is 1. The van der Waals surface area contributed by atoms with E-state index in [0.29, 0.717) is 13.0 Å². The number of nitrogens with one attached hydrogen (secondary N) is 2. The summed E-state index contributed by atoms with van der Waals surface area (Å²) in [6, 6.07) is 0. The fourth-order valence-electron chi connectivity index (χ4n) is 1.55. The summed E-state index contributed by atoms with van der Waals surface area (Å²) in [5.74, 6) is 0.114. The van der Waals surface area contributed by atoms with Gasteiger partial charge < -0.3 is 15.2 Å². The molecule has 1 aromatic heterocycles. The van der Waals surface area contributed by atoms with Gasteiger partial charge >= 0.3 is 0 Å². The van der Waals surface area contributed by atoms with Crippen LogP contribution in [0.25, 0.3) is 0 Å². The molecule has 0 bridgehead atoms. The second-order valence-electron chi connectivity index (χ2n) is 3.95. The molecule has 0 saturated carbocycles. The smallest absolute Gasteiger partial charge is 0.221 e. The van der Waals surface area contributed by atoms with Crippen LogP contribution in [0.15, 0.2) is 12.5 Å². The molecule has 96 valence electrons. The van der Waals surface area contributed by atoms with Crippen LogP contribution in [-0.2, 0) is 17.9 Å². The van der Waals surface area contributed by atoms with Crippen molar-refractivity contribution in [3.63, 3.8) is 0 Å². The molecule has 17 heavy (non-hydrogen) atoms. The Morgan fingerprint density at radius 3 is 2.94 bits per heavy atom. The molecule has 0 aliphatic heterocycles. The van der Waals surface area contributed by atoms with Crippen molar-refractivity contribution >= 4 is 5.91 Å². The maximum absolute atomic E-state index is 11.3. The van der Waals surface area contributed by atoms with Gasteiger partial charge in [-0.2, -0.15) is 0 Å². The maximum atomic E-state index is 11.3. The molecule has 0 saturated heterocycles. The SMILES string of the molecule is CCCNC(=O)CCNCc1cncn1CC. The van der Waals surface area contributed by atoms with Crippen LogP contribution in [0.3, 0.4) is 0 Å². The molecule has 1 aromatic rings. The van der Waals surface area contributed by atoms with E-state index < -0.39 is 0 Å². The van der Waals surface area contributed by atoms with Crippen molar-refractivity contribution in [2.75, 3.05) is 13.1 Å². The van der Waals surface area contributed by atoms with Gasteiger partial charge in [-0.25, -0.2) is 4.98 Å². The van der Waals surface area contributed by atoms with Gasteiger partial charge in [-0.15, -0.1) is 0 Å². The highest BCUT2D eigenvalue weighted by Crippen LogP contribution is 1.97. The molecule has 0 aliphatic carbocycles. The quantitative estimate of drug-likeness (QED) is 0.662. The third-order valence-corrected chi connectivity index (χ3v) is 2.55. The van der Waals surface area contributed by atoms with Gasteiger partial charge in [0.15, 0.2) is 0 Å². The monoisotopic (exact) mass is 238 g/mol. The fourth-order valence-corrected chi connectivity index (χ4v) is 1.55. The lowest BCUT2D eigenvalue weighted by atomic mass is 10.3. The summed E-state index contributed by atoms with van der Waals surface area (Å²) in [7, 11) is 0. The van der Waals surface area contributed by atoms with Crippen LogP contribution in [-0.4, -0.2) is 28.5 Å². The number of amides is 1. The highest BCUT2D eigenvalue weighted by atomic mass is 16.1. The van der Waals surface area contributed by atoms with Crippen molar-refractivity contribution in [3.8, 4) is 0 Å². The molecular formula is C12H22N4O. The molecule has 0 aliphatic rings. The van der Waals surface area contributed by atoms with Crippen LogP contribution in [0.4, 0.5) is 0 Å². The molecule has 5 nitrogen and oxygen atoms in total. The first-order valence-corrected chi connectivity index (χ1v) is 6.24. The van der Waals surface area contributed by atoms with Gasteiger partial charge in [0.2, 0.25) is 5.91 Å². The molecule has 0 spiro atoms. The number of carbonyl (C=O) groups is 1. The predicted octanol–water partition coefficient (Wildman–Crippen LogP) is 0.909. The fraction of sp³-hybridized carbons (Fsp3) is 0.667. The Morgan fingerprint density at radius 1 is 1.41 bits per heavy atom. The summed E-state index contributed by atoms with van der Waals surface area (Å²) in [5, 5.41) is 6.10. The number of aromatic nitrogens is 2. The van der Waals surface area contributed by atoms with Crippen LogP contribution < -0.4 is 10.6 Å². The molecule has 2 N–H and O–H groups in total. The van der Waals surface area contributed by atoms with E-state index in [4.69, 9.17) is 0 Å². The van der Waals surface area contributed by atoms with Crippen LogP contribution in [0.5, 0.6) is 0 Å². The summed E-state index contributed by atoms with van der Waals surface area (Å²) in [5.41, 5.74) is 1.15. The molecular weight excluding hydrogens is 216 g/mol. The Labute approximate surface area is 103 Å². The van der Waals surface area contributed by atoms with E-state index in [-0.39, 0.29) is 5.91 Å². The first-order chi connectivity index (χ1) is 8.27. The minimum Gasteiger partial charge on any atom is -0.356 e. The lowest BCUT2D eigenvalue weighted by Gasteiger charge is -2.07. The molecule has 1 amide bonds. The first-order valence-electron chi connectivity index (χ1n) is 6.24. The van der Waals surface area contributed by atoms with E-state index in [1.54, 1.807) is 0 Å². The Bertz CT molecular complexity index is 335. The van der Waals surface area contributed by atoms with Crippen LogP contribution in [0, 0.1) is 0 Å². The summed E-state index contributed by atoms with van der Waals surface area (Å²) < 4.78 is 2.09. The van der Waals surface area contributed by atoms with Crippen molar-refractivity contribution in [1.29, 1.82) is 0 Å². The zero-order chi connectivity index (χ0) is 12.5. The topological polar surface area (TPSA) is 59.0 Å². The normalized spacial score (nSPS) is 10.5. The second kappa shape index (κ2) is 7.84. The number of imidazole rings is 1. The van der Waals surface area contributed by atoms with Gasteiger partial charge in [-0.3, -0.25) is 4.79 Å². The third kappa shape index (κ3) is 4.99. The van der Waals surface area contributed by atoms with Gasteiger partial charge in [-0.05, 0) is 13.3 Å². The molecule has 1 rings (SSSR count). The van der Waals surface area contributed by atoms with Crippen molar-refractivity contribution in [2.24, 2.45) is 0 Å². The summed E-state index contributed by atoms with van der Waals surface area (Å²) in [6.45, 7) is 7.28. The molecule has 1 heterocycles. The standard InChI is InChI=1S/C12H22N4O/c1-3-6-15-12(17)5-7-13-8-11-9-14-10-16(11)4-2/h9-10,13H,3-8H2,1-2H3,(H,15,17). The van der Waals surface area contributed by atoms with E-state index >= 15 is 0 Å². The predicted molar refractivity (Wildman–Crippen MR) is 67.5 cm³/mol. The molecule has 0 unspecified atom stereocenters. The van der Waals surface area contributed by atoms with Gasteiger partial charge in [0.1, 0.15) is 0 Å². The first kappa shape index (κ1) is 13.7. The zero-order valence-corrected chi connectivity index (χ0v) is 10.7. The van der Waals surface area contributed by atoms with E-state index in [0.717, 1.165) is 31.7 Å². The Kier molecular flexibility index (Phi) is 6.32. The van der Waals surface area contributed by atoms with E-state index in [1.165, 1.54) is 0 Å². The number of nitrogens with zero attached hydrogens (tertiary/aromatic N) is 2. The Hall–Kier alpha value is -1.36. The van der Waals surface area contributed by atoms with E-state index in [9.17, 15) is 4.79 Å². The van der Waals surface area contributed by atoms with Crippen molar-refractivity contribution in [2.45, 2.75) is 39.8 Å². The molecule has 0 atom stereocenters. The molecule has 0 fully saturated rings. The summed E-state index contributed by atoms with van der Waals surface area (Å²) >= 11 is 0. The van der Waals surface area contributed by atoms with Gasteiger partial charge in [0, 0.05) is 38.8 Å². The lowest BCUT2D eigenvalue weighted by molar-refractivity contribution is -0.120. The minimum atomic E-state index is 0.114. The average Bonchev–Trinajstić information content (AvgIpc) is 2.79. The summed E-state index contributed by atoms with van der Waals surface area (Å²) in [6.07, 6.45) is 5.19. The largest absolute Gasteiger partial charge is 0.356 e. The number of hydrogen-bond acceptors (Lipinski definition) is 3. The molecule has 5 heteroatoms. The highest BCUT2D eigenvalue weighted by Gasteiger charge is 2.01. The maximum Gasteiger partial charge on any atom is 0.221 e. The number of hydrogen-bond donors (Lipinski definition) is 2. The Morgan fingerprint density at radius 2 is 2.24 bits per heavy atom. The van der Waals surface area contributed by atoms with Crippen molar-refractivity contribution in [1.82, 2.24) is 20.2 Å². The zero-order valence-electron chi connectivity index (χ0n) is 10.7. The molecule has 0 radical (unpaired) electrons. The number of aryl methyl sites for hydroxylation is 1. The summed E-state index contributed by atoms with van der Waals surface area (Å²) in [4.78, 5) is 15.4. The van der Waals surface area contributed by atoms with Crippen molar-refractivity contribution < 1.29 is 4.79 Å². The average molecular weight is 238 g/mol. The second-order valence-corrected chi connectivity index (χ2v) is 3.95. The van der Waals surface area contributed by atoms with Crippen LogP contribution >= 0.6 is 0 Å².